The van der Waals surface area contributed by atoms with E-state index < -0.39 is 0 Å². The molecule has 7 heteroatoms. The number of rotatable bonds is 7. The molecule has 3 heterocycles. The van der Waals surface area contributed by atoms with Gasteiger partial charge >= 0.3 is 0 Å². The average molecular weight is 430 g/mol. The van der Waals surface area contributed by atoms with Crippen LogP contribution >= 0.6 is 11.3 Å². The highest BCUT2D eigenvalue weighted by molar-refractivity contribution is 7.09. The van der Waals surface area contributed by atoms with Crippen molar-refractivity contribution in [3.8, 4) is 5.75 Å². The highest BCUT2D eigenvalue weighted by atomic mass is 32.1. The van der Waals surface area contributed by atoms with E-state index in [1.54, 1.807) is 11.3 Å². The number of carbonyl (C=O) groups excluding carboxylic acids is 1. The van der Waals surface area contributed by atoms with Crippen LogP contribution in [0.25, 0.3) is 0 Å². The number of carbonyl (C=O) groups is 1. The van der Waals surface area contributed by atoms with Crippen molar-refractivity contribution in [1.29, 1.82) is 0 Å². The number of benzene rings is 1. The zero-order chi connectivity index (χ0) is 20.8. The van der Waals surface area contributed by atoms with Crippen LogP contribution in [0, 0.1) is 12.8 Å². The molecule has 2 aromatic rings. The minimum absolute atomic E-state index is 0.191. The van der Waals surface area contributed by atoms with Gasteiger partial charge in [-0.3, -0.25) is 9.69 Å². The van der Waals surface area contributed by atoms with Gasteiger partial charge in [-0.1, -0.05) is 17.7 Å². The number of thiazole rings is 1. The maximum Gasteiger partial charge on any atom is 0.228 e. The van der Waals surface area contributed by atoms with Crippen molar-refractivity contribution in [1.82, 2.24) is 14.8 Å². The van der Waals surface area contributed by atoms with Crippen LogP contribution in [-0.4, -0.2) is 66.6 Å². The Morgan fingerprint density at radius 3 is 2.63 bits per heavy atom. The number of aryl methyl sites for hydroxylation is 1. The molecule has 1 aromatic heterocycles. The van der Waals surface area contributed by atoms with Crippen LogP contribution in [0.4, 0.5) is 0 Å². The predicted octanol–water partition coefficient (Wildman–Crippen LogP) is 3.14. The van der Waals surface area contributed by atoms with Gasteiger partial charge in [0.15, 0.2) is 0 Å². The third-order valence-corrected chi connectivity index (χ3v) is 6.77. The fourth-order valence-electron chi connectivity index (χ4n) is 4.06. The maximum atomic E-state index is 12.7. The quantitative estimate of drug-likeness (QED) is 0.677. The molecule has 0 bridgehead atoms. The van der Waals surface area contributed by atoms with E-state index in [1.807, 2.05) is 34.5 Å². The summed E-state index contributed by atoms with van der Waals surface area (Å²) in [4.78, 5) is 21.8. The van der Waals surface area contributed by atoms with Crippen molar-refractivity contribution in [3.05, 3.63) is 45.9 Å². The molecule has 2 fully saturated rings. The summed E-state index contributed by atoms with van der Waals surface area (Å²) >= 11 is 1.56. The Balaban J connectivity index is 1.19. The number of piperidine rings is 1. The molecule has 0 unspecified atom stereocenters. The van der Waals surface area contributed by atoms with E-state index in [9.17, 15) is 4.79 Å². The second-order valence-electron chi connectivity index (χ2n) is 8.25. The highest BCUT2D eigenvalue weighted by Gasteiger charge is 2.25. The summed E-state index contributed by atoms with van der Waals surface area (Å²) in [5.74, 6) is 1.72. The van der Waals surface area contributed by atoms with Crippen molar-refractivity contribution in [2.75, 3.05) is 45.9 Å². The first-order valence-corrected chi connectivity index (χ1v) is 11.7. The second-order valence-corrected chi connectivity index (χ2v) is 9.19. The fraction of sp³-hybridized carbons (Fsp3) is 0.565. The lowest BCUT2D eigenvalue weighted by molar-refractivity contribution is -0.132. The molecule has 1 aromatic carbocycles. The van der Waals surface area contributed by atoms with Gasteiger partial charge in [0.1, 0.15) is 17.4 Å². The lowest BCUT2D eigenvalue weighted by atomic mass is 9.95. The molecule has 0 atom stereocenters. The molecule has 162 valence electrons. The van der Waals surface area contributed by atoms with Gasteiger partial charge in [0.25, 0.3) is 0 Å². The van der Waals surface area contributed by atoms with E-state index in [4.69, 9.17) is 9.47 Å². The number of likely N-dealkylation sites (tertiary alicyclic amines) is 1. The summed E-state index contributed by atoms with van der Waals surface area (Å²) in [7, 11) is 0. The number of ether oxygens (including phenoxy) is 2. The van der Waals surface area contributed by atoms with E-state index in [-0.39, 0.29) is 5.91 Å². The van der Waals surface area contributed by atoms with Gasteiger partial charge in [-0.05, 0) is 37.8 Å². The van der Waals surface area contributed by atoms with Crippen LogP contribution in [0.15, 0.2) is 29.6 Å². The Hall–Kier alpha value is -1.96. The van der Waals surface area contributed by atoms with Crippen LogP contribution in [0.2, 0.25) is 0 Å². The Morgan fingerprint density at radius 1 is 1.17 bits per heavy atom. The van der Waals surface area contributed by atoms with Crippen LogP contribution in [0.5, 0.6) is 5.75 Å². The summed E-state index contributed by atoms with van der Waals surface area (Å²) in [6.45, 7) is 9.14. The van der Waals surface area contributed by atoms with Crippen LogP contribution in [0.3, 0.4) is 0 Å². The summed E-state index contributed by atoms with van der Waals surface area (Å²) in [5, 5.41) is 2.89. The fourth-order valence-corrected chi connectivity index (χ4v) is 4.76. The molecule has 2 aliphatic rings. The van der Waals surface area contributed by atoms with Gasteiger partial charge in [-0.2, -0.15) is 0 Å². The lowest BCUT2D eigenvalue weighted by Gasteiger charge is -2.36. The maximum absolute atomic E-state index is 12.7. The van der Waals surface area contributed by atoms with Crippen molar-refractivity contribution in [3.63, 3.8) is 0 Å². The number of hydrogen-bond donors (Lipinski definition) is 0. The molecule has 2 saturated heterocycles. The van der Waals surface area contributed by atoms with Crippen molar-refractivity contribution in [2.45, 2.75) is 32.8 Å². The molecule has 2 aliphatic heterocycles. The minimum atomic E-state index is 0.191. The summed E-state index contributed by atoms with van der Waals surface area (Å²) in [6, 6.07) is 8.00. The first-order chi connectivity index (χ1) is 14.7. The van der Waals surface area contributed by atoms with E-state index in [0.717, 1.165) is 75.2 Å². The normalized spacial score (nSPS) is 18.5. The molecule has 0 spiro atoms. The molecule has 6 nitrogen and oxygen atoms in total. The molecule has 0 aliphatic carbocycles. The van der Waals surface area contributed by atoms with Crippen molar-refractivity contribution < 1.29 is 14.3 Å². The van der Waals surface area contributed by atoms with Crippen molar-refractivity contribution in [2.24, 2.45) is 5.92 Å². The van der Waals surface area contributed by atoms with Gasteiger partial charge in [-0.25, -0.2) is 4.98 Å². The number of amides is 1. The topological polar surface area (TPSA) is 54.9 Å². The Kier molecular flexibility index (Phi) is 7.36. The summed E-state index contributed by atoms with van der Waals surface area (Å²) in [5.41, 5.74) is 2.06. The molecule has 1 amide bonds. The minimum Gasteiger partial charge on any atom is -0.486 e. The van der Waals surface area contributed by atoms with Crippen molar-refractivity contribution >= 4 is 17.2 Å². The SMILES string of the molecule is Cc1ccc(OCc2nc(CC(=O)N3CCC(CN4CCOCC4)CC3)cs2)cc1. The van der Waals surface area contributed by atoms with E-state index in [0.29, 0.717) is 18.9 Å². The first kappa shape index (κ1) is 21.3. The third-order valence-electron chi connectivity index (χ3n) is 5.90. The Morgan fingerprint density at radius 2 is 1.90 bits per heavy atom. The van der Waals surface area contributed by atoms with Gasteiger partial charge in [-0.15, -0.1) is 11.3 Å². The third kappa shape index (κ3) is 6.03. The smallest absolute Gasteiger partial charge is 0.228 e. The molecular formula is C23H31N3O3S. The van der Waals surface area contributed by atoms with E-state index >= 15 is 0 Å². The standard InChI is InChI=1S/C23H31N3O3S/c1-18-2-4-21(5-3-18)29-16-22-24-20(17-30-22)14-23(27)26-8-6-19(7-9-26)15-25-10-12-28-13-11-25/h2-5,17,19H,6-16H2,1H3. The number of morpholine rings is 1. The monoisotopic (exact) mass is 429 g/mol. The molecule has 0 radical (unpaired) electrons. The van der Waals surface area contributed by atoms with Gasteiger partial charge in [0.05, 0.1) is 25.3 Å². The van der Waals surface area contributed by atoms with E-state index in [2.05, 4.69) is 16.8 Å². The van der Waals surface area contributed by atoms with Gasteiger partial charge in [0.2, 0.25) is 5.91 Å². The number of nitrogens with zero attached hydrogens (tertiary/aromatic N) is 3. The molecule has 0 saturated carbocycles. The molecule has 0 N–H and O–H groups in total. The zero-order valence-corrected chi connectivity index (χ0v) is 18.5. The average Bonchev–Trinajstić information content (AvgIpc) is 3.22. The Bertz CT molecular complexity index is 809. The highest BCUT2D eigenvalue weighted by Crippen LogP contribution is 2.21. The van der Waals surface area contributed by atoms with Gasteiger partial charge < -0.3 is 14.4 Å². The summed E-state index contributed by atoms with van der Waals surface area (Å²) < 4.78 is 11.2. The predicted molar refractivity (Wildman–Crippen MR) is 118 cm³/mol. The number of aromatic nitrogens is 1. The molecule has 30 heavy (non-hydrogen) atoms. The first-order valence-electron chi connectivity index (χ1n) is 10.9. The Labute approximate surface area is 182 Å². The number of hydrogen-bond acceptors (Lipinski definition) is 6. The molecule has 4 rings (SSSR count). The summed E-state index contributed by atoms with van der Waals surface area (Å²) in [6.07, 6.45) is 2.57. The van der Waals surface area contributed by atoms with Crippen LogP contribution in [0.1, 0.15) is 29.1 Å². The lowest BCUT2D eigenvalue weighted by Crippen LogP contribution is -2.44. The largest absolute Gasteiger partial charge is 0.486 e. The van der Waals surface area contributed by atoms with Crippen LogP contribution in [-0.2, 0) is 22.6 Å². The van der Waals surface area contributed by atoms with E-state index in [1.165, 1.54) is 5.56 Å². The zero-order valence-electron chi connectivity index (χ0n) is 17.7. The second kappa shape index (κ2) is 10.4. The van der Waals surface area contributed by atoms with Gasteiger partial charge in [0, 0.05) is 38.1 Å². The molecular weight excluding hydrogens is 398 g/mol. The van der Waals surface area contributed by atoms with Crippen LogP contribution < -0.4 is 4.74 Å².